The maximum Gasteiger partial charge on any atom is 0.160 e. The van der Waals surface area contributed by atoms with Gasteiger partial charge in [-0.05, 0) is 87.3 Å². The minimum atomic E-state index is -0.154. The number of nitrogens with zero attached hydrogens (tertiary/aromatic N) is 3. The lowest BCUT2D eigenvalue weighted by atomic mass is 9.82. The number of furan rings is 1. The quantitative estimate of drug-likeness (QED) is 0.107. The van der Waals surface area contributed by atoms with Gasteiger partial charge in [0.05, 0.1) is 11.4 Å². The molecule has 1 heterocycles. The Morgan fingerprint density at radius 2 is 1.02 bits per heavy atom. The number of anilines is 3. The maximum atomic E-state index is 7.13. The van der Waals surface area contributed by atoms with Crippen LogP contribution in [0.3, 0.4) is 0 Å². The summed E-state index contributed by atoms with van der Waals surface area (Å²) in [5, 5.41) is 2.12. The Balaban J connectivity index is 0.990. The van der Waals surface area contributed by atoms with Crippen LogP contribution in [0.4, 0.5) is 17.1 Å². The molecule has 9 aromatic carbocycles. The number of hydrogen-bond donors (Lipinski definition) is 0. The van der Waals surface area contributed by atoms with Crippen molar-refractivity contribution in [2.75, 3.05) is 4.90 Å². The average Bonchev–Trinajstić information content (AvgIpc) is 3.87. The predicted octanol–water partition coefficient (Wildman–Crippen LogP) is 16.6. The fourth-order valence-corrected chi connectivity index (χ4v) is 9.58. The molecule has 4 nitrogen and oxygen atoms in total. The highest BCUT2D eigenvalue weighted by atomic mass is 16.3. The smallest absolute Gasteiger partial charge is 0.160 e. The van der Waals surface area contributed by atoms with Crippen molar-refractivity contribution in [2.24, 2.45) is 9.98 Å². The molecule has 0 radical (unpaired) electrons. The Hall–Kier alpha value is -8.34. The minimum absolute atomic E-state index is 0.154. The molecule has 1 aliphatic rings. The number of rotatable bonds is 9. The second-order valence-electron chi connectivity index (χ2n) is 17.5. The molecule has 0 fully saturated rings. The molecule has 0 bridgehead atoms. The Bertz CT molecular complexity index is 3490. The highest BCUT2D eigenvalue weighted by molar-refractivity contribution is 6.14. The third-order valence-corrected chi connectivity index (χ3v) is 13.1. The number of amidine groups is 1. The molecule has 11 rings (SSSR count). The summed E-state index contributed by atoms with van der Waals surface area (Å²) in [6, 6.07) is 76.8. The second-order valence-corrected chi connectivity index (χ2v) is 17.5. The summed E-state index contributed by atoms with van der Waals surface area (Å²) < 4.78 is 7.13. The first-order valence-electron chi connectivity index (χ1n) is 22.5. The first kappa shape index (κ1) is 40.4. The van der Waals surface area contributed by atoms with Crippen LogP contribution in [0.5, 0.6) is 0 Å². The van der Waals surface area contributed by atoms with Crippen molar-refractivity contribution >= 4 is 56.2 Å². The molecule has 0 unspecified atom stereocenters. The molecule has 0 atom stereocenters. The zero-order chi connectivity index (χ0) is 44.8. The molecule has 1 aromatic heterocycles. The number of fused-ring (bicyclic) bond motifs is 6. The van der Waals surface area contributed by atoms with Gasteiger partial charge in [0.2, 0.25) is 0 Å². The standard InChI is InChI=1S/C62H47N3O/c1-41(43-18-8-5-9-19-43)63-61(48-22-12-7-13-23-48)64-42(2)44-30-32-47(33-31-44)51-25-16-26-54-55-27-17-29-58(60(55)66-59(51)54)65(49-36-34-46(35-37-49)45-20-10-6-11-21-45)50-38-39-53-52-24-14-15-28-56(52)62(3,4)57(53)40-50/h5-40H,2H2,1,3-4H3. The van der Waals surface area contributed by atoms with Crippen LogP contribution in [-0.4, -0.2) is 11.5 Å². The molecule has 1 aliphatic carbocycles. The molecular weight excluding hydrogens is 803 g/mol. The monoisotopic (exact) mass is 849 g/mol. The highest BCUT2D eigenvalue weighted by Gasteiger charge is 2.36. The lowest BCUT2D eigenvalue weighted by Gasteiger charge is -2.28. The first-order valence-corrected chi connectivity index (χ1v) is 22.5. The van der Waals surface area contributed by atoms with Crippen molar-refractivity contribution in [3.8, 4) is 33.4 Å². The van der Waals surface area contributed by atoms with Gasteiger partial charge >= 0.3 is 0 Å². The Kier molecular flexibility index (Phi) is 10.2. The van der Waals surface area contributed by atoms with Crippen LogP contribution in [0.25, 0.3) is 61.0 Å². The average molecular weight is 850 g/mol. The molecule has 0 saturated carbocycles. The van der Waals surface area contributed by atoms with Crippen LogP contribution in [-0.2, 0) is 5.41 Å². The van der Waals surface area contributed by atoms with Crippen LogP contribution in [0.2, 0.25) is 0 Å². The minimum Gasteiger partial charge on any atom is -0.453 e. The molecule has 66 heavy (non-hydrogen) atoms. The van der Waals surface area contributed by atoms with Crippen molar-refractivity contribution in [3.63, 3.8) is 0 Å². The third-order valence-electron chi connectivity index (χ3n) is 13.1. The Morgan fingerprint density at radius 3 is 1.74 bits per heavy atom. The van der Waals surface area contributed by atoms with Crippen molar-refractivity contribution in [2.45, 2.75) is 26.2 Å². The van der Waals surface area contributed by atoms with Crippen molar-refractivity contribution < 1.29 is 4.42 Å². The van der Waals surface area contributed by atoms with Crippen LogP contribution in [0.15, 0.2) is 239 Å². The van der Waals surface area contributed by atoms with Crippen LogP contribution in [0.1, 0.15) is 48.6 Å². The second kappa shape index (κ2) is 16.7. The molecule has 0 N–H and O–H groups in total. The van der Waals surface area contributed by atoms with E-state index in [-0.39, 0.29) is 5.41 Å². The normalized spacial score (nSPS) is 13.1. The van der Waals surface area contributed by atoms with Crippen LogP contribution < -0.4 is 4.90 Å². The van der Waals surface area contributed by atoms with Crippen molar-refractivity contribution in [1.82, 2.24) is 0 Å². The predicted molar refractivity (Wildman–Crippen MR) is 278 cm³/mol. The van der Waals surface area contributed by atoms with E-state index in [1.54, 1.807) is 0 Å². The summed E-state index contributed by atoms with van der Waals surface area (Å²) >= 11 is 0. The van der Waals surface area contributed by atoms with Gasteiger partial charge in [-0.25, -0.2) is 9.98 Å². The molecule has 4 heteroatoms. The zero-order valence-corrected chi connectivity index (χ0v) is 37.2. The van der Waals surface area contributed by atoms with Gasteiger partial charge in [0.15, 0.2) is 11.4 Å². The molecular formula is C62H47N3O. The van der Waals surface area contributed by atoms with E-state index in [2.05, 4.69) is 195 Å². The van der Waals surface area contributed by atoms with Gasteiger partial charge in [-0.2, -0.15) is 0 Å². The van der Waals surface area contributed by atoms with E-state index in [9.17, 15) is 0 Å². The van der Waals surface area contributed by atoms with Gasteiger partial charge in [0.1, 0.15) is 5.58 Å². The highest BCUT2D eigenvalue weighted by Crippen LogP contribution is 2.51. The molecule has 316 valence electrons. The topological polar surface area (TPSA) is 41.1 Å². The van der Waals surface area contributed by atoms with Crippen molar-refractivity contribution in [1.29, 1.82) is 0 Å². The van der Waals surface area contributed by atoms with E-state index in [1.165, 1.54) is 33.4 Å². The maximum absolute atomic E-state index is 7.13. The van der Waals surface area contributed by atoms with E-state index in [1.807, 2.05) is 55.5 Å². The zero-order valence-electron chi connectivity index (χ0n) is 37.2. The number of hydrogen-bond acceptors (Lipinski definition) is 3. The summed E-state index contributed by atoms with van der Waals surface area (Å²) in [4.78, 5) is 12.4. The fraction of sp³-hybridized carbons (Fsp3) is 0.0645. The van der Waals surface area contributed by atoms with Gasteiger partial charge in [0.25, 0.3) is 0 Å². The number of aliphatic imine (C=N–C) groups is 2. The molecule has 10 aromatic rings. The lowest BCUT2D eigenvalue weighted by molar-refractivity contribution is 0.660. The number of para-hydroxylation sites is 2. The van der Waals surface area contributed by atoms with E-state index in [0.717, 1.165) is 72.5 Å². The SMILES string of the molecule is C=C(N=C(N=C(C)c1ccccc1)c1ccccc1)c1ccc(-c2cccc3c2oc2c(N(c4ccc(-c5ccccc5)cc4)c4ccc5c(c4)C(C)(C)c4ccccc4-5)cccc23)cc1. The van der Waals surface area contributed by atoms with Gasteiger partial charge in [-0.1, -0.05) is 208 Å². The lowest BCUT2D eigenvalue weighted by Crippen LogP contribution is -2.16. The van der Waals surface area contributed by atoms with E-state index < -0.39 is 0 Å². The van der Waals surface area contributed by atoms with Crippen LogP contribution >= 0.6 is 0 Å². The summed E-state index contributed by atoms with van der Waals surface area (Å²) in [5.41, 5.74) is 18.7. The van der Waals surface area contributed by atoms with Gasteiger partial charge in [-0.15, -0.1) is 0 Å². The van der Waals surface area contributed by atoms with Crippen LogP contribution in [0, 0.1) is 0 Å². The first-order chi connectivity index (χ1) is 32.3. The third kappa shape index (κ3) is 7.23. The summed E-state index contributed by atoms with van der Waals surface area (Å²) in [6.07, 6.45) is 0. The van der Waals surface area contributed by atoms with Gasteiger partial charge in [0, 0.05) is 44.4 Å². The Morgan fingerprint density at radius 1 is 0.455 bits per heavy atom. The summed E-state index contributed by atoms with van der Waals surface area (Å²) in [6.45, 7) is 11.1. The van der Waals surface area contributed by atoms with Gasteiger partial charge in [-0.3, -0.25) is 0 Å². The number of benzene rings is 9. The molecule has 0 amide bonds. The van der Waals surface area contributed by atoms with E-state index in [0.29, 0.717) is 11.5 Å². The summed E-state index contributed by atoms with van der Waals surface area (Å²) in [5.74, 6) is 0.615. The molecule has 0 spiro atoms. The fourth-order valence-electron chi connectivity index (χ4n) is 9.58. The molecule has 0 aliphatic heterocycles. The Labute approximate surface area is 386 Å². The van der Waals surface area contributed by atoms with Gasteiger partial charge < -0.3 is 9.32 Å². The van der Waals surface area contributed by atoms with E-state index in [4.69, 9.17) is 14.4 Å². The molecule has 0 saturated heterocycles. The van der Waals surface area contributed by atoms with Crippen molar-refractivity contribution in [3.05, 3.63) is 253 Å². The summed E-state index contributed by atoms with van der Waals surface area (Å²) in [7, 11) is 0. The largest absolute Gasteiger partial charge is 0.453 e. The van der Waals surface area contributed by atoms with E-state index >= 15 is 0 Å².